The highest BCUT2D eigenvalue weighted by Crippen LogP contribution is 2.24. The second kappa shape index (κ2) is 10.6. The molecule has 2 heterocycles. The average Bonchev–Trinajstić information content (AvgIpc) is 3.00. The lowest BCUT2D eigenvalue weighted by Gasteiger charge is -2.21. The first kappa shape index (κ1) is 23.9. The highest BCUT2D eigenvalue weighted by atomic mass is 19.4. The van der Waals surface area contributed by atoms with E-state index in [1.165, 1.54) is 0 Å². The van der Waals surface area contributed by atoms with Gasteiger partial charge in [-0.3, -0.25) is 4.79 Å². The monoisotopic (exact) mass is 432 g/mol. The fourth-order valence-electron chi connectivity index (χ4n) is 3.52. The minimum Gasteiger partial charge on any atom is -0.497 e. The quantitative estimate of drug-likeness (QED) is 0.785. The smallest absolute Gasteiger partial charge is 0.490 e. The fourth-order valence-corrected chi connectivity index (χ4v) is 3.52. The fraction of sp³-hybridized carbons (Fsp3) is 0.600. The third kappa shape index (κ3) is 6.88. The number of amides is 1. The molecule has 2 atom stereocenters. The summed E-state index contributed by atoms with van der Waals surface area (Å²) in [5.41, 5.74) is 0.998. The number of methoxy groups -OCH3 is 1. The second-order valence-electron chi connectivity index (χ2n) is 7.19. The van der Waals surface area contributed by atoms with Gasteiger partial charge in [-0.15, -0.1) is 0 Å². The summed E-state index contributed by atoms with van der Waals surface area (Å²) in [7, 11) is 1.64. The van der Waals surface area contributed by atoms with Crippen molar-refractivity contribution in [1.29, 1.82) is 0 Å². The summed E-state index contributed by atoms with van der Waals surface area (Å²) in [4.78, 5) is 25.9. The van der Waals surface area contributed by atoms with Crippen LogP contribution in [-0.4, -0.2) is 85.5 Å². The molecule has 1 amide bonds. The lowest BCUT2D eigenvalue weighted by atomic mass is 10.1. The van der Waals surface area contributed by atoms with E-state index in [1.54, 1.807) is 7.11 Å². The molecule has 2 aliphatic rings. The molecule has 2 aliphatic heterocycles. The first-order valence-corrected chi connectivity index (χ1v) is 9.68. The number of likely N-dealkylation sites (N-methyl/N-ethyl adjacent to an activating group) is 1. The molecule has 2 fully saturated rings. The Labute approximate surface area is 173 Å². The Kier molecular flexibility index (Phi) is 8.48. The Morgan fingerprint density at radius 3 is 2.57 bits per heavy atom. The maximum Gasteiger partial charge on any atom is 0.490 e. The van der Waals surface area contributed by atoms with Gasteiger partial charge in [0.15, 0.2) is 0 Å². The van der Waals surface area contributed by atoms with Gasteiger partial charge >= 0.3 is 12.1 Å². The number of ether oxygens (including phenoxy) is 2. The number of carbonyl (C=O) groups excluding carboxylic acids is 1. The zero-order valence-electron chi connectivity index (χ0n) is 17.0. The molecule has 30 heavy (non-hydrogen) atoms. The molecule has 3 rings (SSSR count). The maximum atomic E-state index is 12.6. The van der Waals surface area contributed by atoms with Gasteiger partial charge < -0.3 is 24.4 Å². The number of benzene rings is 1. The molecule has 168 valence electrons. The number of carboxylic acids is 1. The van der Waals surface area contributed by atoms with Crippen LogP contribution in [0.2, 0.25) is 0 Å². The van der Waals surface area contributed by atoms with Crippen LogP contribution < -0.4 is 4.74 Å². The van der Waals surface area contributed by atoms with Crippen molar-refractivity contribution >= 4 is 11.9 Å². The number of hydrogen-bond donors (Lipinski definition) is 1. The van der Waals surface area contributed by atoms with Gasteiger partial charge in [-0.1, -0.05) is 19.1 Å². The number of likely N-dealkylation sites (tertiary alicyclic amines) is 1. The van der Waals surface area contributed by atoms with E-state index >= 15 is 0 Å². The number of halogens is 3. The van der Waals surface area contributed by atoms with Crippen molar-refractivity contribution < 1.29 is 37.3 Å². The first-order valence-electron chi connectivity index (χ1n) is 9.68. The van der Waals surface area contributed by atoms with Gasteiger partial charge in [0, 0.05) is 32.1 Å². The number of aliphatic carboxylic acids is 1. The molecule has 0 bridgehead atoms. The van der Waals surface area contributed by atoms with E-state index in [-0.39, 0.29) is 12.0 Å². The summed E-state index contributed by atoms with van der Waals surface area (Å²) in [6.07, 6.45) is -4.46. The zero-order chi connectivity index (χ0) is 22.3. The van der Waals surface area contributed by atoms with Gasteiger partial charge in [-0.25, -0.2) is 4.79 Å². The van der Waals surface area contributed by atoms with Gasteiger partial charge in [0.05, 0.1) is 26.2 Å². The summed E-state index contributed by atoms with van der Waals surface area (Å²) in [6.45, 7) is 7.57. The molecular formula is C20H27F3N2O5. The van der Waals surface area contributed by atoms with E-state index in [2.05, 4.69) is 11.8 Å². The van der Waals surface area contributed by atoms with Crippen molar-refractivity contribution in [3.8, 4) is 5.75 Å². The van der Waals surface area contributed by atoms with Crippen molar-refractivity contribution in [3.63, 3.8) is 0 Å². The minimum atomic E-state index is -5.08. The number of carbonyl (C=O) groups is 2. The molecule has 0 aromatic heterocycles. The summed E-state index contributed by atoms with van der Waals surface area (Å²) < 4.78 is 42.9. The molecule has 7 nitrogen and oxygen atoms in total. The van der Waals surface area contributed by atoms with Crippen LogP contribution in [0, 0.1) is 5.92 Å². The van der Waals surface area contributed by atoms with Gasteiger partial charge in [0.1, 0.15) is 5.75 Å². The first-order chi connectivity index (χ1) is 14.1. The Bertz CT molecular complexity index is 729. The molecule has 1 aromatic rings. The molecular weight excluding hydrogens is 405 g/mol. The number of hydrogen-bond acceptors (Lipinski definition) is 5. The zero-order valence-corrected chi connectivity index (χ0v) is 17.0. The predicted molar refractivity (Wildman–Crippen MR) is 102 cm³/mol. The number of rotatable bonds is 4. The summed E-state index contributed by atoms with van der Waals surface area (Å²) in [5, 5.41) is 7.12. The Morgan fingerprint density at radius 1 is 1.27 bits per heavy atom. The highest BCUT2D eigenvalue weighted by Gasteiger charge is 2.39. The molecule has 10 heteroatoms. The van der Waals surface area contributed by atoms with Gasteiger partial charge in [0.25, 0.3) is 0 Å². The molecule has 0 unspecified atom stereocenters. The van der Waals surface area contributed by atoms with Gasteiger partial charge in [-0.05, 0) is 24.2 Å². The van der Waals surface area contributed by atoms with Crippen LogP contribution in [0.5, 0.6) is 5.75 Å². The lowest BCUT2D eigenvalue weighted by molar-refractivity contribution is -0.192. The van der Waals surface area contributed by atoms with E-state index in [0.717, 1.165) is 50.6 Å². The van der Waals surface area contributed by atoms with Crippen LogP contribution in [-0.2, 0) is 20.7 Å². The SMILES string of the molecule is CCN1CCO[C@@H]2CN(C(=O)Cc3cccc(OC)c3)C[C@@H]2C1.O=C(O)C(F)(F)F. The molecule has 2 saturated heterocycles. The average molecular weight is 432 g/mol. The highest BCUT2D eigenvalue weighted by molar-refractivity contribution is 5.79. The van der Waals surface area contributed by atoms with E-state index in [0.29, 0.717) is 12.3 Å². The second-order valence-corrected chi connectivity index (χ2v) is 7.19. The molecule has 0 spiro atoms. The van der Waals surface area contributed by atoms with Crippen molar-refractivity contribution in [3.05, 3.63) is 29.8 Å². The van der Waals surface area contributed by atoms with E-state index < -0.39 is 12.1 Å². The third-order valence-corrected chi connectivity index (χ3v) is 5.15. The third-order valence-electron chi connectivity index (χ3n) is 5.15. The van der Waals surface area contributed by atoms with Crippen LogP contribution in [0.3, 0.4) is 0 Å². The number of fused-ring (bicyclic) bond motifs is 1. The van der Waals surface area contributed by atoms with Crippen LogP contribution in [0.1, 0.15) is 12.5 Å². The Morgan fingerprint density at radius 2 is 1.97 bits per heavy atom. The van der Waals surface area contributed by atoms with Crippen LogP contribution in [0.4, 0.5) is 13.2 Å². The normalized spacial score (nSPS) is 21.8. The van der Waals surface area contributed by atoms with Gasteiger partial charge in [-0.2, -0.15) is 13.2 Å². The van der Waals surface area contributed by atoms with Crippen LogP contribution in [0.15, 0.2) is 24.3 Å². The summed E-state index contributed by atoms with van der Waals surface area (Å²) >= 11 is 0. The predicted octanol–water partition coefficient (Wildman–Crippen LogP) is 2.05. The molecule has 0 aliphatic carbocycles. The molecule has 1 aromatic carbocycles. The van der Waals surface area contributed by atoms with E-state index in [4.69, 9.17) is 19.4 Å². The largest absolute Gasteiger partial charge is 0.497 e. The Hall–Kier alpha value is -2.33. The van der Waals surface area contributed by atoms with Crippen LogP contribution >= 0.6 is 0 Å². The standard InChI is InChI=1S/C18H26N2O3.C2HF3O2/c1-3-19-7-8-23-17-13-20(12-15(17)11-19)18(21)10-14-5-4-6-16(9-14)22-2;3-2(4,5)1(6)7/h4-6,9,15,17H,3,7-8,10-13H2,1-2H3;(H,6,7)/t15-,17+;/m0./s1. The summed E-state index contributed by atoms with van der Waals surface area (Å²) in [5.74, 6) is -1.35. The van der Waals surface area contributed by atoms with Crippen molar-refractivity contribution in [2.45, 2.75) is 25.6 Å². The summed E-state index contributed by atoms with van der Waals surface area (Å²) in [6, 6.07) is 7.73. The topological polar surface area (TPSA) is 79.3 Å². The van der Waals surface area contributed by atoms with E-state index in [1.807, 2.05) is 29.2 Å². The molecule has 1 N–H and O–H groups in total. The Balaban J connectivity index is 0.000000396. The lowest BCUT2D eigenvalue weighted by Crippen LogP contribution is -2.34. The maximum absolute atomic E-state index is 12.6. The number of alkyl halides is 3. The number of carboxylic acid groups (broad SMARTS) is 1. The van der Waals surface area contributed by atoms with Crippen molar-refractivity contribution in [1.82, 2.24) is 9.80 Å². The van der Waals surface area contributed by atoms with Crippen molar-refractivity contribution in [2.24, 2.45) is 5.92 Å². The molecule has 0 radical (unpaired) electrons. The van der Waals surface area contributed by atoms with Crippen LogP contribution in [0.25, 0.3) is 0 Å². The van der Waals surface area contributed by atoms with Crippen molar-refractivity contribution in [2.75, 3.05) is 46.4 Å². The molecule has 0 saturated carbocycles. The minimum absolute atomic E-state index is 0.179. The van der Waals surface area contributed by atoms with Gasteiger partial charge in [0.2, 0.25) is 5.91 Å². The number of nitrogens with zero attached hydrogens (tertiary/aromatic N) is 2. The van der Waals surface area contributed by atoms with E-state index in [9.17, 15) is 18.0 Å².